The fraction of sp³-hybridized carbons (Fsp3) is 0.500. The molecular formula is C20H26N2O4. The first-order chi connectivity index (χ1) is 12.7. The second-order valence-corrected chi connectivity index (χ2v) is 6.80. The van der Waals surface area contributed by atoms with E-state index in [4.69, 9.17) is 14.0 Å². The lowest BCUT2D eigenvalue weighted by molar-refractivity contribution is -0.120. The van der Waals surface area contributed by atoms with Crippen molar-refractivity contribution in [3.63, 3.8) is 0 Å². The van der Waals surface area contributed by atoms with E-state index < -0.39 is 0 Å². The van der Waals surface area contributed by atoms with Gasteiger partial charge >= 0.3 is 0 Å². The standard InChI is InChI=1S/C20H26N2O4/c1-15-3-2-4-17(9-15)13-25-14-19-10-18(22-26-19)11-20(23)21-12-16-5-7-24-8-6-16/h2-4,9-10,16H,5-8,11-14H2,1H3,(H,21,23). The SMILES string of the molecule is Cc1cccc(COCc2cc(CC(=O)NCC3CCOCC3)no2)c1. The van der Waals surface area contributed by atoms with E-state index in [9.17, 15) is 4.79 Å². The van der Waals surface area contributed by atoms with E-state index >= 15 is 0 Å². The lowest BCUT2D eigenvalue weighted by Crippen LogP contribution is -2.33. The molecule has 1 fully saturated rings. The average Bonchev–Trinajstić information content (AvgIpc) is 3.08. The molecule has 1 amide bonds. The number of aryl methyl sites for hydroxylation is 1. The van der Waals surface area contributed by atoms with Gasteiger partial charge in [0.25, 0.3) is 0 Å². The third kappa shape index (κ3) is 5.97. The van der Waals surface area contributed by atoms with Crippen LogP contribution in [-0.4, -0.2) is 30.8 Å². The highest BCUT2D eigenvalue weighted by atomic mass is 16.5. The van der Waals surface area contributed by atoms with Gasteiger partial charge in [0.15, 0.2) is 5.76 Å². The second-order valence-electron chi connectivity index (χ2n) is 6.80. The highest BCUT2D eigenvalue weighted by molar-refractivity contribution is 5.78. The summed E-state index contributed by atoms with van der Waals surface area (Å²) in [6.07, 6.45) is 2.24. The number of nitrogens with one attached hydrogen (secondary N) is 1. The van der Waals surface area contributed by atoms with Gasteiger partial charge in [-0.3, -0.25) is 4.79 Å². The second kappa shape index (κ2) is 9.50. The molecule has 26 heavy (non-hydrogen) atoms. The molecule has 1 aromatic heterocycles. The first-order valence-corrected chi connectivity index (χ1v) is 9.11. The number of nitrogens with zero attached hydrogens (tertiary/aromatic N) is 1. The maximum atomic E-state index is 12.0. The Labute approximate surface area is 153 Å². The molecule has 0 bridgehead atoms. The number of amides is 1. The van der Waals surface area contributed by atoms with Crippen LogP contribution in [0.2, 0.25) is 0 Å². The molecule has 6 nitrogen and oxygen atoms in total. The quantitative estimate of drug-likeness (QED) is 0.785. The summed E-state index contributed by atoms with van der Waals surface area (Å²) in [6, 6.07) is 9.97. The number of aromatic nitrogens is 1. The number of benzene rings is 1. The van der Waals surface area contributed by atoms with Crippen molar-refractivity contribution in [1.29, 1.82) is 0 Å². The van der Waals surface area contributed by atoms with Gasteiger partial charge in [0.2, 0.25) is 5.91 Å². The van der Waals surface area contributed by atoms with Gasteiger partial charge in [-0.15, -0.1) is 0 Å². The summed E-state index contributed by atoms with van der Waals surface area (Å²) in [4.78, 5) is 12.0. The summed E-state index contributed by atoms with van der Waals surface area (Å²) in [5.41, 5.74) is 2.96. The van der Waals surface area contributed by atoms with Crippen LogP contribution in [-0.2, 0) is 33.9 Å². The van der Waals surface area contributed by atoms with E-state index in [1.807, 2.05) is 12.1 Å². The van der Waals surface area contributed by atoms with Crippen molar-refractivity contribution in [3.8, 4) is 0 Å². The first kappa shape index (κ1) is 18.6. The molecule has 2 heterocycles. The van der Waals surface area contributed by atoms with Gasteiger partial charge in [-0.1, -0.05) is 35.0 Å². The normalized spacial score (nSPS) is 15.1. The molecule has 0 saturated carbocycles. The topological polar surface area (TPSA) is 73.6 Å². The zero-order valence-corrected chi connectivity index (χ0v) is 15.2. The maximum Gasteiger partial charge on any atom is 0.226 e. The van der Waals surface area contributed by atoms with Crippen LogP contribution in [0.25, 0.3) is 0 Å². The molecule has 1 aliphatic heterocycles. The molecule has 0 unspecified atom stereocenters. The molecule has 0 spiro atoms. The van der Waals surface area contributed by atoms with Crippen LogP contribution in [0.1, 0.15) is 35.4 Å². The highest BCUT2D eigenvalue weighted by Crippen LogP contribution is 2.13. The Bertz CT molecular complexity index is 707. The predicted octanol–water partition coefficient (Wildman–Crippen LogP) is 2.79. The van der Waals surface area contributed by atoms with Gasteiger partial charge in [0.05, 0.1) is 18.7 Å². The first-order valence-electron chi connectivity index (χ1n) is 9.11. The van der Waals surface area contributed by atoms with Gasteiger partial charge < -0.3 is 19.3 Å². The Kier molecular flexibility index (Phi) is 6.80. The summed E-state index contributed by atoms with van der Waals surface area (Å²) < 4.78 is 16.2. The van der Waals surface area contributed by atoms with Gasteiger partial charge in [-0.05, 0) is 31.2 Å². The zero-order chi connectivity index (χ0) is 18.2. The Morgan fingerprint density at radius 3 is 2.92 bits per heavy atom. The summed E-state index contributed by atoms with van der Waals surface area (Å²) in [5, 5.41) is 6.93. The lowest BCUT2D eigenvalue weighted by Gasteiger charge is -2.21. The van der Waals surface area contributed by atoms with Crippen LogP contribution in [0.15, 0.2) is 34.9 Å². The van der Waals surface area contributed by atoms with Crippen molar-refractivity contribution in [1.82, 2.24) is 10.5 Å². The molecule has 140 valence electrons. The van der Waals surface area contributed by atoms with Crippen LogP contribution in [0.5, 0.6) is 0 Å². The molecule has 6 heteroatoms. The van der Waals surface area contributed by atoms with Crippen LogP contribution in [0.4, 0.5) is 0 Å². The third-order valence-corrected chi connectivity index (χ3v) is 4.47. The fourth-order valence-electron chi connectivity index (χ4n) is 3.01. The summed E-state index contributed by atoms with van der Waals surface area (Å²) >= 11 is 0. The molecule has 3 rings (SSSR count). The summed E-state index contributed by atoms with van der Waals surface area (Å²) in [5.74, 6) is 1.11. The molecule has 0 aliphatic carbocycles. The van der Waals surface area contributed by atoms with E-state index in [1.165, 1.54) is 5.56 Å². The van der Waals surface area contributed by atoms with E-state index in [1.54, 1.807) is 6.07 Å². The predicted molar refractivity (Wildman–Crippen MR) is 96.4 cm³/mol. The molecule has 0 radical (unpaired) electrons. The van der Waals surface area contributed by atoms with Gasteiger partial charge in [0.1, 0.15) is 6.61 Å². The van der Waals surface area contributed by atoms with E-state index in [-0.39, 0.29) is 12.3 Å². The van der Waals surface area contributed by atoms with Crippen molar-refractivity contribution in [3.05, 3.63) is 52.9 Å². The van der Waals surface area contributed by atoms with Crippen LogP contribution < -0.4 is 5.32 Å². The van der Waals surface area contributed by atoms with Crippen molar-refractivity contribution in [2.75, 3.05) is 19.8 Å². The Morgan fingerprint density at radius 2 is 2.12 bits per heavy atom. The highest BCUT2D eigenvalue weighted by Gasteiger charge is 2.15. The number of carbonyl (C=O) groups is 1. The van der Waals surface area contributed by atoms with Crippen LogP contribution >= 0.6 is 0 Å². The molecule has 1 saturated heterocycles. The van der Waals surface area contributed by atoms with Crippen LogP contribution in [0.3, 0.4) is 0 Å². The minimum Gasteiger partial charge on any atom is -0.381 e. The number of rotatable bonds is 8. The monoisotopic (exact) mass is 358 g/mol. The minimum atomic E-state index is -0.0305. The molecule has 1 N–H and O–H groups in total. The van der Waals surface area contributed by atoms with Gasteiger partial charge in [0, 0.05) is 25.8 Å². The fourth-order valence-corrected chi connectivity index (χ4v) is 3.01. The van der Waals surface area contributed by atoms with E-state index in [2.05, 4.69) is 29.5 Å². The van der Waals surface area contributed by atoms with Crippen LogP contribution in [0, 0.1) is 12.8 Å². The number of hydrogen-bond acceptors (Lipinski definition) is 5. The molecular weight excluding hydrogens is 332 g/mol. The summed E-state index contributed by atoms with van der Waals surface area (Å²) in [6.45, 7) is 5.19. The molecule has 2 aromatic rings. The Hall–Kier alpha value is -2.18. The average molecular weight is 358 g/mol. The van der Waals surface area contributed by atoms with Crippen molar-refractivity contribution in [2.45, 2.75) is 39.4 Å². The smallest absolute Gasteiger partial charge is 0.226 e. The summed E-state index contributed by atoms with van der Waals surface area (Å²) in [7, 11) is 0. The Morgan fingerprint density at radius 1 is 1.27 bits per heavy atom. The molecule has 0 atom stereocenters. The van der Waals surface area contributed by atoms with Crippen molar-refractivity contribution >= 4 is 5.91 Å². The lowest BCUT2D eigenvalue weighted by atomic mass is 10.0. The Balaban J connectivity index is 1.37. The molecule has 1 aliphatic rings. The minimum absolute atomic E-state index is 0.0305. The largest absolute Gasteiger partial charge is 0.381 e. The number of hydrogen-bond donors (Lipinski definition) is 1. The van der Waals surface area contributed by atoms with E-state index in [0.717, 1.165) is 31.6 Å². The van der Waals surface area contributed by atoms with Crippen molar-refractivity contribution in [2.24, 2.45) is 5.92 Å². The zero-order valence-electron chi connectivity index (χ0n) is 15.2. The van der Waals surface area contributed by atoms with Gasteiger partial charge in [-0.25, -0.2) is 0 Å². The maximum absolute atomic E-state index is 12.0. The number of carbonyl (C=O) groups excluding carboxylic acids is 1. The number of ether oxygens (including phenoxy) is 2. The van der Waals surface area contributed by atoms with E-state index in [0.29, 0.717) is 37.1 Å². The third-order valence-electron chi connectivity index (χ3n) is 4.47. The van der Waals surface area contributed by atoms with Crippen molar-refractivity contribution < 1.29 is 18.8 Å². The van der Waals surface area contributed by atoms with Gasteiger partial charge in [-0.2, -0.15) is 0 Å². The molecule has 1 aromatic carbocycles.